The van der Waals surface area contributed by atoms with Gasteiger partial charge in [0.2, 0.25) is 5.82 Å². The number of aliphatic hydroxyl groups is 2. The Morgan fingerprint density at radius 1 is 1.48 bits per heavy atom. The Labute approximate surface area is 117 Å². The van der Waals surface area contributed by atoms with Crippen LogP contribution in [0.3, 0.4) is 0 Å². The summed E-state index contributed by atoms with van der Waals surface area (Å²) in [4.78, 5) is 31.6. The van der Waals surface area contributed by atoms with Crippen LogP contribution < -0.4 is 5.73 Å². The molecule has 0 aliphatic carbocycles. The Hall–Kier alpha value is -1.40. The summed E-state index contributed by atoms with van der Waals surface area (Å²) in [5.74, 6) is -1.20. The second kappa shape index (κ2) is 5.77. The lowest BCUT2D eigenvalue weighted by Crippen LogP contribution is -2.33. The van der Waals surface area contributed by atoms with Crippen LogP contribution in [0.2, 0.25) is 0 Å². The SMILES string of the molecule is NC(=O)c1ncn(C2OC(COP(=O)(O)O)[C@@H](O)[C@H]2O)n1. The summed E-state index contributed by atoms with van der Waals surface area (Å²) in [6.07, 6.45) is -4.27. The maximum atomic E-state index is 10.9. The smallest absolute Gasteiger partial charge is 0.387 e. The first-order valence-electron chi connectivity index (χ1n) is 5.61. The van der Waals surface area contributed by atoms with E-state index in [1.165, 1.54) is 0 Å². The van der Waals surface area contributed by atoms with E-state index >= 15 is 0 Å². The molecule has 0 radical (unpaired) electrons. The van der Waals surface area contributed by atoms with Gasteiger partial charge in [0.25, 0.3) is 5.91 Å². The summed E-state index contributed by atoms with van der Waals surface area (Å²) in [6, 6.07) is 0. The third-order valence-electron chi connectivity index (χ3n) is 2.73. The van der Waals surface area contributed by atoms with Gasteiger partial charge in [-0.25, -0.2) is 14.2 Å². The van der Waals surface area contributed by atoms with Crippen LogP contribution in [0.1, 0.15) is 16.8 Å². The Kier molecular flexibility index (Phi) is 4.39. The van der Waals surface area contributed by atoms with Gasteiger partial charge in [-0.3, -0.25) is 9.32 Å². The summed E-state index contributed by atoms with van der Waals surface area (Å²) in [6.45, 7) is -0.642. The summed E-state index contributed by atoms with van der Waals surface area (Å²) < 4.78 is 21.0. The van der Waals surface area contributed by atoms with Crippen molar-refractivity contribution in [3.05, 3.63) is 12.2 Å². The third-order valence-corrected chi connectivity index (χ3v) is 3.22. The van der Waals surface area contributed by atoms with Gasteiger partial charge in [-0.05, 0) is 0 Å². The molecule has 2 heterocycles. The van der Waals surface area contributed by atoms with Crippen molar-refractivity contribution in [3.8, 4) is 0 Å². The fourth-order valence-electron chi connectivity index (χ4n) is 1.77. The summed E-state index contributed by atoms with van der Waals surface area (Å²) in [7, 11) is -4.73. The Morgan fingerprint density at radius 2 is 2.14 bits per heavy atom. The predicted molar refractivity (Wildman–Crippen MR) is 62.5 cm³/mol. The van der Waals surface area contributed by atoms with Crippen molar-refractivity contribution in [1.82, 2.24) is 14.8 Å². The highest BCUT2D eigenvalue weighted by Gasteiger charge is 2.45. The zero-order valence-electron chi connectivity index (χ0n) is 10.4. The number of carbonyl (C=O) groups excluding carboxylic acids is 1. The minimum atomic E-state index is -4.73. The standard InChI is InChI=1S/C8H13N4O8P/c9-6(15)7-10-2-12(11-7)8-5(14)4(13)3(20-8)1-19-21(16,17)18/h2-5,8,13-14H,1H2,(H2,9,15)(H2,16,17,18)/t3?,4-,5-,8?/m1/s1. The van der Waals surface area contributed by atoms with Crippen LogP contribution in [-0.4, -0.2) is 65.6 Å². The summed E-state index contributed by atoms with van der Waals surface area (Å²) in [5.41, 5.74) is 4.97. The average molecular weight is 324 g/mol. The zero-order valence-corrected chi connectivity index (χ0v) is 11.3. The molecule has 2 rings (SSSR count). The number of rotatable bonds is 5. The van der Waals surface area contributed by atoms with Gasteiger partial charge in [0.05, 0.1) is 6.61 Å². The molecular weight excluding hydrogens is 311 g/mol. The lowest BCUT2D eigenvalue weighted by atomic mass is 10.1. The van der Waals surface area contributed by atoms with E-state index in [4.69, 9.17) is 20.3 Å². The second-order valence-corrected chi connectivity index (χ2v) is 5.48. The first-order valence-corrected chi connectivity index (χ1v) is 7.14. The minimum Gasteiger partial charge on any atom is -0.387 e. The van der Waals surface area contributed by atoms with Crippen molar-refractivity contribution in [1.29, 1.82) is 0 Å². The topological polar surface area (TPSA) is 190 Å². The molecule has 1 aromatic rings. The molecule has 1 aliphatic rings. The van der Waals surface area contributed by atoms with Crippen LogP contribution in [0.25, 0.3) is 0 Å². The van der Waals surface area contributed by atoms with Gasteiger partial charge in [0, 0.05) is 0 Å². The van der Waals surface area contributed by atoms with Crippen LogP contribution in [0.5, 0.6) is 0 Å². The van der Waals surface area contributed by atoms with Crippen LogP contribution in [0.4, 0.5) is 0 Å². The van der Waals surface area contributed by atoms with Crippen LogP contribution in [-0.2, 0) is 13.8 Å². The van der Waals surface area contributed by atoms with Crippen molar-refractivity contribution < 1.29 is 38.6 Å². The number of aliphatic hydroxyl groups excluding tert-OH is 2. The Morgan fingerprint density at radius 3 is 2.67 bits per heavy atom. The zero-order chi connectivity index (χ0) is 15.8. The molecule has 1 aliphatic heterocycles. The number of phosphoric ester groups is 1. The van der Waals surface area contributed by atoms with Gasteiger partial charge >= 0.3 is 7.82 Å². The van der Waals surface area contributed by atoms with E-state index in [-0.39, 0.29) is 5.82 Å². The molecule has 0 bridgehead atoms. The number of primary amides is 1. The van der Waals surface area contributed by atoms with E-state index in [1.54, 1.807) is 0 Å². The molecule has 2 unspecified atom stereocenters. The summed E-state index contributed by atoms with van der Waals surface area (Å²) in [5, 5.41) is 23.2. The fourth-order valence-corrected chi connectivity index (χ4v) is 2.11. The maximum Gasteiger partial charge on any atom is 0.469 e. The molecule has 1 aromatic heterocycles. The number of hydrogen-bond acceptors (Lipinski definition) is 8. The van der Waals surface area contributed by atoms with Gasteiger partial charge < -0.3 is 30.5 Å². The highest BCUT2D eigenvalue weighted by atomic mass is 31.2. The highest BCUT2D eigenvalue weighted by molar-refractivity contribution is 7.46. The van der Waals surface area contributed by atoms with Crippen LogP contribution >= 0.6 is 7.82 Å². The van der Waals surface area contributed by atoms with Crippen molar-refractivity contribution in [2.24, 2.45) is 5.73 Å². The van der Waals surface area contributed by atoms with Gasteiger partial charge in [-0.2, -0.15) is 0 Å². The molecule has 4 atom stereocenters. The van der Waals surface area contributed by atoms with Crippen LogP contribution in [0, 0.1) is 0 Å². The number of hydrogen-bond donors (Lipinski definition) is 5. The van der Waals surface area contributed by atoms with Crippen molar-refractivity contribution in [3.63, 3.8) is 0 Å². The van der Waals surface area contributed by atoms with Gasteiger partial charge in [0.15, 0.2) is 6.23 Å². The molecule has 0 saturated carbocycles. The van der Waals surface area contributed by atoms with E-state index in [0.29, 0.717) is 0 Å². The van der Waals surface area contributed by atoms with Crippen molar-refractivity contribution >= 4 is 13.7 Å². The largest absolute Gasteiger partial charge is 0.469 e. The molecular formula is C8H13N4O8P. The average Bonchev–Trinajstić information content (AvgIpc) is 2.94. The van der Waals surface area contributed by atoms with Crippen molar-refractivity contribution in [2.75, 3.05) is 6.61 Å². The van der Waals surface area contributed by atoms with E-state index in [0.717, 1.165) is 11.0 Å². The molecule has 21 heavy (non-hydrogen) atoms. The molecule has 118 valence electrons. The monoisotopic (exact) mass is 324 g/mol. The van der Waals surface area contributed by atoms with Crippen molar-refractivity contribution in [2.45, 2.75) is 24.5 Å². The molecule has 13 heteroatoms. The minimum absolute atomic E-state index is 0.310. The number of amides is 1. The van der Waals surface area contributed by atoms with E-state index in [2.05, 4.69) is 14.6 Å². The molecule has 1 amide bonds. The Bertz CT molecular complexity index is 572. The normalized spacial score (nSPS) is 29.7. The Balaban J connectivity index is 2.08. The molecule has 0 spiro atoms. The molecule has 1 saturated heterocycles. The number of carbonyl (C=O) groups is 1. The number of phosphoric acid groups is 1. The second-order valence-electron chi connectivity index (χ2n) is 4.25. The van der Waals surface area contributed by atoms with E-state index in [1.807, 2.05) is 0 Å². The number of ether oxygens (including phenoxy) is 1. The third kappa shape index (κ3) is 3.63. The molecule has 1 fully saturated rings. The van der Waals surface area contributed by atoms with E-state index < -0.39 is 44.9 Å². The number of nitrogens with zero attached hydrogens (tertiary/aromatic N) is 3. The number of nitrogens with two attached hydrogens (primary N) is 1. The highest BCUT2D eigenvalue weighted by Crippen LogP contribution is 2.38. The number of aromatic nitrogens is 3. The van der Waals surface area contributed by atoms with Gasteiger partial charge in [-0.1, -0.05) is 0 Å². The predicted octanol–water partition coefficient (Wildman–Crippen LogP) is -2.89. The van der Waals surface area contributed by atoms with Gasteiger partial charge in [-0.15, -0.1) is 5.10 Å². The first-order chi connectivity index (χ1) is 9.69. The summed E-state index contributed by atoms with van der Waals surface area (Å²) >= 11 is 0. The molecule has 0 aromatic carbocycles. The van der Waals surface area contributed by atoms with E-state index in [9.17, 15) is 19.6 Å². The molecule has 12 nitrogen and oxygen atoms in total. The van der Waals surface area contributed by atoms with Gasteiger partial charge in [0.1, 0.15) is 24.6 Å². The lowest BCUT2D eigenvalue weighted by molar-refractivity contribution is -0.0581. The fraction of sp³-hybridized carbons (Fsp3) is 0.625. The first kappa shape index (κ1) is 16.0. The molecule has 6 N–H and O–H groups in total. The quantitative estimate of drug-likeness (QED) is 0.351. The maximum absolute atomic E-state index is 10.9. The lowest BCUT2D eigenvalue weighted by Gasteiger charge is -2.14. The van der Waals surface area contributed by atoms with Crippen LogP contribution in [0.15, 0.2) is 6.33 Å².